The molecule has 0 unspecified atom stereocenters. The Morgan fingerprint density at radius 2 is 1.88 bits per heavy atom. The molecule has 24 heavy (non-hydrogen) atoms. The van der Waals surface area contributed by atoms with E-state index in [-0.39, 0.29) is 22.8 Å². The van der Waals surface area contributed by atoms with Crippen LogP contribution >= 0.6 is 0 Å². The van der Waals surface area contributed by atoms with E-state index in [0.29, 0.717) is 6.54 Å². The lowest BCUT2D eigenvalue weighted by Crippen LogP contribution is -2.34. The molecule has 0 aliphatic carbocycles. The van der Waals surface area contributed by atoms with Crippen molar-refractivity contribution in [1.29, 1.82) is 0 Å². The second-order valence-electron chi connectivity index (χ2n) is 5.73. The molecule has 128 valence electrons. The van der Waals surface area contributed by atoms with Gasteiger partial charge in [0, 0.05) is 12.7 Å². The summed E-state index contributed by atoms with van der Waals surface area (Å²) >= 11 is 0. The van der Waals surface area contributed by atoms with Gasteiger partial charge in [-0.3, -0.25) is 9.59 Å². The lowest BCUT2D eigenvalue weighted by molar-refractivity contribution is 0.0961. The molecule has 1 heterocycles. The number of halogens is 1. The number of carbonyl (C=O) groups is 1. The predicted molar refractivity (Wildman–Crippen MR) is 93.0 cm³/mol. The highest BCUT2D eigenvalue weighted by Gasteiger charge is 2.17. The first-order valence-corrected chi connectivity index (χ1v) is 8.23. The van der Waals surface area contributed by atoms with Crippen molar-refractivity contribution in [3.05, 3.63) is 68.9 Å². The molecule has 0 aliphatic rings. The second-order valence-corrected chi connectivity index (χ2v) is 5.73. The number of pyridine rings is 1. The molecule has 0 fully saturated rings. The van der Waals surface area contributed by atoms with Gasteiger partial charge < -0.3 is 9.88 Å². The Labute approximate surface area is 141 Å². The topological polar surface area (TPSA) is 51.1 Å². The van der Waals surface area contributed by atoms with E-state index in [1.165, 1.54) is 19.2 Å². The molecular formula is C19H23FN2O2. The summed E-state index contributed by atoms with van der Waals surface area (Å²) in [6.45, 7) is 4.39. The summed E-state index contributed by atoms with van der Waals surface area (Å²) in [4.78, 5) is 24.9. The highest BCUT2D eigenvalue weighted by atomic mass is 19.1. The Kier molecular flexibility index (Phi) is 5.90. The lowest BCUT2D eigenvalue weighted by Gasteiger charge is -2.18. The van der Waals surface area contributed by atoms with Gasteiger partial charge >= 0.3 is 0 Å². The lowest BCUT2D eigenvalue weighted by atomic mass is 10.0. The van der Waals surface area contributed by atoms with E-state index in [4.69, 9.17) is 0 Å². The SMILES string of the molecule is CCCc1c(CC)cc(C(=O)NC)c(=O)n1Cc1ccc(F)cc1. The van der Waals surface area contributed by atoms with E-state index in [1.54, 1.807) is 22.8 Å². The number of hydrogen-bond donors (Lipinski definition) is 1. The highest BCUT2D eigenvalue weighted by Crippen LogP contribution is 2.15. The molecule has 1 N–H and O–H groups in total. The predicted octanol–water partition coefficient (Wildman–Crippen LogP) is 2.91. The molecule has 0 saturated heterocycles. The molecule has 5 heteroatoms. The van der Waals surface area contributed by atoms with E-state index in [0.717, 1.165) is 36.1 Å². The highest BCUT2D eigenvalue weighted by molar-refractivity contribution is 5.93. The van der Waals surface area contributed by atoms with Crippen LogP contribution in [0.3, 0.4) is 0 Å². The van der Waals surface area contributed by atoms with Crippen LogP contribution in [0.15, 0.2) is 35.1 Å². The largest absolute Gasteiger partial charge is 0.355 e. The number of rotatable bonds is 6. The Morgan fingerprint density at radius 1 is 1.21 bits per heavy atom. The van der Waals surface area contributed by atoms with Gasteiger partial charge in [0.1, 0.15) is 11.4 Å². The van der Waals surface area contributed by atoms with Crippen molar-refractivity contribution in [2.24, 2.45) is 0 Å². The first-order chi connectivity index (χ1) is 11.5. The molecule has 4 nitrogen and oxygen atoms in total. The Hall–Kier alpha value is -2.43. The minimum Gasteiger partial charge on any atom is -0.355 e. The Balaban J connectivity index is 2.62. The van der Waals surface area contributed by atoms with Crippen molar-refractivity contribution < 1.29 is 9.18 Å². The maximum atomic E-state index is 13.1. The number of amides is 1. The van der Waals surface area contributed by atoms with Crippen LogP contribution in [0.1, 0.15) is 47.4 Å². The van der Waals surface area contributed by atoms with Crippen molar-refractivity contribution in [3.8, 4) is 0 Å². The van der Waals surface area contributed by atoms with Crippen molar-refractivity contribution in [2.45, 2.75) is 39.7 Å². The molecule has 0 atom stereocenters. The molecule has 0 bridgehead atoms. The van der Waals surface area contributed by atoms with Crippen LogP contribution in [-0.4, -0.2) is 17.5 Å². The number of carbonyl (C=O) groups excluding carboxylic acids is 1. The summed E-state index contributed by atoms with van der Waals surface area (Å²) in [6.07, 6.45) is 2.39. The summed E-state index contributed by atoms with van der Waals surface area (Å²) < 4.78 is 14.8. The average Bonchev–Trinajstić information content (AvgIpc) is 2.59. The molecule has 2 aromatic rings. The van der Waals surface area contributed by atoms with Crippen LogP contribution in [0.25, 0.3) is 0 Å². The number of benzene rings is 1. The van der Waals surface area contributed by atoms with Crippen LogP contribution < -0.4 is 10.9 Å². The molecule has 0 radical (unpaired) electrons. The Bertz CT molecular complexity index is 779. The van der Waals surface area contributed by atoms with Gasteiger partial charge in [0.25, 0.3) is 11.5 Å². The van der Waals surface area contributed by atoms with Gasteiger partial charge in [0.15, 0.2) is 0 Å². The van der Waals surface area contributed by atoms with Crippen molar-refractivity contribution in [1.82, 2.24) is 9.88 Å². The molecule has 0 saturated carbocycles. The fourth-order valence-corrected chi connectivity index (χ4v) is 2.84. The van der Waals surface area contributed by atoms with Crippen molar-refractivity contribution >= 4 is 5.91 Å². The van der Waals surface area contributed by atoms with E-state index < -0.39 is 0 Å². The van der Waals surface area contributed by atoms with Gasteiger partial charge in [-0.1, -0.05) is 32.4 Å². The molecule has 0 aliphatic heterocycles. The maximum absolute atomic E-state index is 13.1. The fourth-order valence-electron chi connectivity index (χ4n) is 2.84. The first kappa shape index (κ1) is 17.9. The van der Waals surface area contributed by atoms with E-state index in [9.17, 15) is 14.0 Å². The normalized spacial score (nSPS) is 10.7. The molecule has 0 spiro atoms. The van der Waals surface area contributed by atoms with Crippen LogP contribution in [0.4, 0.5) is 4.39 Å². The third-order valence-corrected chi connectivity index (χ3v) is 4.08. The average molecular weight is 330 g/mol. The quantitative estimate of drug-likeness (QED) is 0.885. The standard InChI is InChI=1S/C19H23FN2O2/c1-4-6-17-14(5-2)11-16(18(23)21-3)19(24)22(17)12-13-7-9-15(20)10-8-13/h7-11H,4-6,12H2,1-3H3,(H,21,23). The first-order valence-electron chi connectivity index (χ1n) is 8.23. The van der Waals surface area contributed by atoms with Gasteiger partial charge in [-0.05, 0) is 42.2 Å². The second kappa shape index (κ2) is 7.90. The number of aromatic nitrogens is 1. The minimum absolute atomic E-state index is 0.149. The number of hydrogen-bond acceptors (Lipinski definition) is 2. The molecule has 1 amide bonds. The zero-order chi connectivity index (χ0) is 17.7. The van der Waals surface area contributed by atoms with Crippen molar-refractivity contribution in [2.75, 3.05) is 7.05 Å². The number of nitrogens with zero attached hydrogens (tertiary/aromatic N) is 1. The number of aryl methyl sites for hydroxylation is 1. The monoisotopic (exact) mass is 330 g/mol. The smallest absolute Gasteiger partial charge is 0.263 e. The van der Waals surface area contributed by atoms with Crippen LogP contribution in [-0.2, 0) is 19.4 Å². The summed E-state index contributed by atoms with van der Waals surface area (Å²) in [5.41, 5.74) is 2.61. The van der Waals surface area contributed by atoms with Crippen LogP contribution in [0.5, 0.6) is 0 Å². The van der Waals surface area contributed by atoms with E-state index >= 15 is 0 Å². The molecule has 2 rings (SSSR count). The molecule has 1 aromatic heterocycles. The maximum Gasteiger partial charge on any atom is 0.263 e. The zero-order valence-electron chi connectivity index (χ0n) is 14.4. The zero-order valence-corrected chi connectivity index (χ0v) is 14.4. The van der Waals surface area contributed by atoms with Crippen LogP contribution in [0, 0.1) is 5.82 Å². The molecule has 1 aromatic carbocycles. The molecular weight excluding hydrogens is 307 g/mol. The summed E-state index contributed by atoms with van der Waals surface area (Å²) in [5, 5.41) is 2.52. The van der Waals surface area contributed by atoms with Gasteiger partial charge in [-0.2, -0.15) is 0 Å². The van der Waals surface area contributed by atoms with Gasteiger partial charge in [0.05, 0.1) is 6.54 Å². The van der Waals surface area contributed by atoms with Crippen LogP contribution in [0.2, 0.25) is 0 Å². The third-order valence-electron chi connectivity index (χ3n) is 4.08. The number of nitrogens with one attached hydrogen (secondary N) is 1. The fraction of sp³-hybridized carbons (Fsp3) is 0.368. The minimum atomic E-state index is -0.384. The summed E-state index contributed by atoms with van der Waals surface area (Å²) in [6, 6.07) is 7.78. The van der Waals surface area contributed by atoms with E-state index in [1.807, 2.05) is 6.92 Å². The third kappa shape index (κ3) is 3.72. The van der Waals surface area contributed by atoms with E-state index in [2.05, 4.69) is 12.2 Å². The summed E-state index contributed by atoms with van der Waals surface area (Å²) in [7, 11) is 1.51. The van der Waals surface area contributed by atoms with Crippen molar-refractivity contribution in [3.63, 3.8) is 0 Å². The van der Waals surface area contributed by atoms with Gasteiger partial charge in [0.2, 0.25) is 0 Å². The Morgan fingerprint density at radius 3 is 2.42 bits per heavy atom. The summed E-state index contributed by atoms with van der Waals surface area (Å²) in [5.74, 6) is -0.696. The van der Waals surface area contributed by atoms with Gasteiger partial charge in [-0.15, -0.1) is 0 Å². The van der Waals surface area contributed by atoms with Gasteiger partial charge in [-0.25, -0.2) is 4.39 Å².